The van der Waals surface area contributed by atoms with Crippen molar-refractivity contribution in [3.8, 4) is 11.3 Å². The van der Waals surface area contributed by atoms with E-state index < -0.39 is 12.1 Å². The molecule has 0 aliphatic rings. The summed E-state index contributed by atoms with van der Waals surface area (Å²) >= 11 is 1.37. The number of carbonyl (C=O) groups excluding carboxylic acids is 2. The molecule has 0 fully saturated rings. The molecule has 0 radical (unpaired) electrons. The summed E-state index contributed by atoms with van der Waals surface area (Å²) in [4.78, 5) is 29.2. The van der Waals surface area contributed by atoms with E-state index in [0.717, 1.165) is 16.8 Å². The van der Waals surface area contributed by atoms with Gasteiger partial charge in [-0.25, -0.2) is 9.78 Å². The molecule has 8 heteroatoms. The maximum Gasteiger partial charge on any atom is 0.408 e. The van der Waals surface area contributed by atoms with Crippen LogP contribution >= 0.6 is 11.3 Å². The Labute approximate surface area is 179 Å². The Kier molecular flexibility index (Phi) is 7.03. The topological polar surface area (TPSA) is 106 Å². The van der Waals surface area contributed by atoms with Crippen molar-refractivity contribution in [3.05, 3.63) is 65.5 Å². The molecule has 1 heterocycles. The van der Waals surface area contributed by atoms with Gasteiger partial charge in [0, 0.05) is 23.1 Å². The molecule has 156 valence electrons. The third kappa shape index (κ3) is 6.05. The van der Waals surface area contributed by atoms with Gasteiger partial charge in [-0.1, -0.05) is 42.5 Å². The number of anilines is 2. The highest BCUT2D eigenvalue weighted by Crippen LogP contribution is 2.24. The fraction of sp³-hybridized carbons (Fsp3) is 0.227. The lowest BCUT2D eigenvalue weighted by Gasteiger charge is -2.19. The number of benzene rings is 2. The lowest BCUT2D eigenvalue weighted by Crippen LogP contribution is -2.46. The van der Waals surface area contributed by atoms with Gasteiger partial charge in [-0.3, -0.25) is 4.79 Å². The summed E-state index contributed by atoms with van der Waals surface area (Å²) in [7, 11) is 0. The molecule has 1 aromatic heterocycles. The van der Waals surface area contributed by atoms with Crippen LogP contribution in [0.1, 0.15) is 19.4 Å². The zero-order valence-electron chi connectivity index (χ0n) is 16.8. The number of hydrogen-bond donors (Lipinski definition) is 3. The minimum Gasteiger partial charge on any atom is -0.447 e. The SMILES string of the molecule is CC(C)OC(=O)N[C@@H](Cc1ccccc1)C(=O)Nc1ccc(-c2csc(N)n2)cc1. The molecule has 0 spiro atoms. The van der Waals surface area contributed by atoms with E-state index in [-0.39, 0.29) is 12.0 Å². The number of nitrogens with two attached hydrogens (primary N) is 1. The minimum atomic E-state index is -0.781. The number of nitrogens with one attached hydrogen (secondary N) is 2. The first kappa shape index (κ1) is 21.3. The van der Waals surface area contributed by atoms with Crippen molar-refractivity contribution in [3.63, 3.8) is 0 Å². The van der Waals surface area contributed by atoms with E-state index in [1.165, 1.54) is 11.3 Å². The maximum absolute atomic E-state index is 12.9. The monoisotopic (exact) mass is 424 g/mol. The summed E-state index contributed by atoms with van der Waals surface area (Å²) in [6.45, 7) is 3.51. The standard InChI is InChI=1S/C22H24N4O3S/c1-14(2)29-22(28)26-18(12-15-6-4-3-5-7-15)20(27)24-17-10-8-16(9-11-17)19-13-30-21(23)25-19/h3-11,13-14,18H,12H2,1-2H3,(H2,23,25)(H,24,27)(H,26,28)/t18-/m0/s1. The van der Waals surface area contributed by atoms with E-state index in [1.807, 2.05) is 47.8 Å². The van der Waals surface area contributed by atoms with Crippen LogP contribution in [-0.2, 0) is 16.0 Å². The van der Waals surface area contributed by atoms with E-state index in [9.17, 15) is 9.59 Å². The first-order chi connectivity index (χ1) is 14.4. The zero-order valence-corrected chi connectivity index (χ0v) is 17.6. The number of nitrogens with zero attached hydrogens (tertiary/aromatic N) is 1. The second kappa shape index (κ2) is 9.89. The summed E-state index contributed by atoms with van der Waals surface area (Å²) < 4.78 is 5.14. The van der Waals surface area contributed by atoms with E-state index in [4.69, 9.17) is 10.5 Å². The van der Waals surface area contributed by atoms with Gasteiger partial charge >= 0.3 is 6.09 Å². The Morgan fingerprint density at radius 2 is 1.80 bits per heavy atom. The molecule has 0 aliphatic carbocycles. The number of alkyl carbamates (subject to hydrolysis) is 1. The van der Waals surface area contributed by atoms with Crippen LogP contribution in [-0.4, -0.2) is 29.1 Å². The second-order valence-electron chi connectivity index (χ2n) is 6.98. The number of rotatable bonds is 7. The molecule has 0 saturated heterocycles. The summed E-state index contributed by atoms with van der Waals surface area (Å²) in [5.74, 6) is -0.329. The number of amides is 2. The third-order valence-electron chi connectivity index (χ3n) is 4.20. The Morgan fingerprint density at radius 1 is 1.10 bits per heavy atom. The third-order valence-corrected chi connectivity index (χ3v) is 4.88. The lowest BCUT2D eigenvalue weighted by molar-refractivity contribution is -0.118. The predicted octanol–water partition coefficient (Wildman–Crippen LogP) is 4.08. The van der Waals surface area contributed by atoms with Crippen molar-refractivity contribution in [2.75, 3.05) is 11.1 Å². The molecular weight excluding hydrogens is 400 g/mol. The van der Waals surface area contributed by atoms with Gasteiger partial charge in [-0.05, 0) is 31.5 Å². The van der Waals surface area contributed by atoms with Crippen LogP contribution in [0.2, 0.25) is 0 Å². The molecule has 2 amide bonds. The van der Waals surface area contributed by atoms with Gasteiger partial charge in [0.2, 0.25) is 5.91 Å². The van der Waals surface area contributed by atoms with Crippen molar-refractivity contribution in [2.24, 2.45) is 0 Å². The fourth-order valence-electron chi connectivity index (χ4n) is 2.82. The molecule has 7 nitrogen and oxygen atoms in total. The molecule has 2 aromatic carbocycles. The lowest BCUT2D eigenvalue weighted by atomic mass is 10.1. The molecule has 1 atom stereocenters. The average Bonchev–Trinajstić information content (AvgIpc) is 3.14. The first-order valence-corrected chi connectivity index (χ1v) is 10.4. The predicted molar refractivity (Wildman–Crippen MR) is 119 cm³/mol. The van der Waals surface area contributed by atoms with Crippen LogP contribution in [0.4, 0.5) is 15.6 Å². The Hall–Kier alpha value is -3.39. The number of hydrogen-bond acceptors (Lipinski definition) is 6. The average molecular weight is 425 g/mol. The molecule has 0 aliphatic heterocycles. The number of nitrogen functional groups attached to an aromatic ring is 1. The highest BCUT2D eigenvalue weighted by Gasteiger charge is 2.22. The quantitative estimate of drug-likeness (QED) is 0.530. The fourth-order valence-corrected chi connectivity index (χ4v) is 3.40. The van der Waals surface area contributed by atoms with Crippen molar-refractivity contribution in [2.45, 2.75) is 32.4 Å². The van der Waals surface area contributed by atoms with Gasteiger partial charge in [0.15, 0.2) is 5.13 Å². The summed E-state index contributed by atoms with van der Waals surface area (Å²) in [5.41, 5.74) is 8.92. The van der Waals surface area contributed by atoms with Gasteiger partial charge in [0.05, 0.1) is 11.8 Å². The number of carbonyl (C=O) groups is 2. The van der Waals surface area contributed by atoms with Crippen LogP contribution in [0.3, 0.4) is 0 Å². The van der Waals surface area contributed by atoms with Crippen LogP contribution in [0, 0.1) is 0 Å². The zero-order chi connectivity index (χ0) is 21.5. The Balaban J connectivity index is 1.70. The summed E-state index contributed by atoms with van der Waals surface area (Å²) in [5, 5.41) is 7.90. The van der Waals surface area contributed by atoms with Gasteiger partial charge < -0.3 is 21.1 Å². The molecule has 30 heavy (non-hydrogen) atoms. The maximum atomic E-state index is 12.9. The molecule has 0 saturated carbocycles. The first-order valence-electron chi connectivity index (χ1n) is 9.54. The van der Waals surface area contributed by atoms with Gasteiger partial charge in [-0.2, -0.15) is 0 Å². The summed E-state index contributed by atoms with van der Waals surface area (Å²) in [6.07, 6.45) is -0.564. The normalized spacial score (nSPS) is 11.7. The molecule has 0 unspecified atom stereocenters. The highest BCUT2D eigenvalue weighted by atomic mass is 32.1. The van der Waals surface area contributed by atoms with Gasteiger partial charge in [-0.15, -0.1) is 11.3 Å². The van der Waals surface area contributed by atoms with Crippen LogP contribution in [0.5, 0.6) is 0 Å². The van der Waals surface area contributed by atoms with E-state index in [0.29, 0.717) is 17.2 Å². The Bertz CT molecular complexity index is 987. The van der Waals surface area contributed by atoms with Crippen LogP contribution < -0.4 is 16.4 Å². The molecule has 3 rings (SSSR count). The Morgan fingerprint density at radius 3 is 2.40 bits per heavy atom. The van der Waals surface area contributed by atoms with Crippen molar-refractivity contribution in [1.82, 2.24) is 10.3 Å². The highest BCUT2D eigenvalue weighted by molar-refractivity contribution is 7.13. The number of ether oxygens (including phenoxy) is 1. The number of thiazole rings is 1. The minimum absolute atomic E-state index is 0.280. The molecule has 0 bridgehead atoms. The molecular formula is C22H24N4O3S. The second-order valence-corrected chi connectivity index (χ2v) is 7.87. The molecule has 3 aromatic rings. The van der Waals surface area contributed by atoms with Crippen LogP contribution in [0.25, 0.3) is 11.3 Å². The van der Waals surface area contributed by atoms with Crippen molar-refractivity contribution in [1.29, 1.82) is 0 Å². The van der Waals surface area contributed by atoms with E-state index in [2.05, 4.69) is 15.6 Å². The van der Waals surface area contributed by atoms with Gasteiger partial charge in [0.1, 0.15) is 6.04 Å². The summed E-state index contributed by atoms with van der Waals surface area (Å²) in [6, 6.07) is 16.0. The molecule has 4 N–H and O–H groups in total. The van der Waals surface area contributed by atoms with Crippen LogP contribution in [0.15, 0.2) is 60.0 Å². The smallest absolute Gasteiger partial charge is 0.408 e. The number of aromatic nitrogens is 1. The van der Waals surface area contributed by atoms with Crippen molar-refractivity contribution >= 4 is 34.2 Å². The van der Waals surface area contributed by atoms with E-state index in [1.54, 1.807) is 26.0 Å². The van der Waals surface area contributed by atoms with Gasteiger partial charge in [0.25, 0.3) is 0 Å². The largest absolute Gasteiger partial charge is 0.447 e. The van der Waals surface area contributed by atoms with Crippen molar-refractivity contribution < 1.29 is 14.3 Å². The van der Waals surface area contributed by atoms with E-state index >= 15 is 0 Å².